The van der Waals surface area contributed by atoms with Gasteiger partial charge >= 0.3 is 0 Å². The van der Waals surface area contributed by atoms with Crippen LogP contribution in [0.2, 0.25) is 0 Å². The second-order valence-corrected chi connectivity index (χ2v) is 5.98. The number of nitrogens with zero attached hydrogens (tertiary/aromatic N) is 2. The number of benzene rings is 2. The summed E-state index contributed by atoms with van der Waals surface area (Å²) in [6, 6.07) is 12.1. The zero-order valence-corrected chi connectivity index (χ0v) is 15.7. The average molecular weight is 374 g/mol. The molecule has 0 atom stereocenters. The van der Waals surface area contributed by atoms with Gasteiger partial charge in [0.2, 0.25) is 0 Å². The van der Waals surface area contributed by atoms with Crippen LogP contribution in [-0.4, -0.2) is 24.4 Å². The van der Waals surface area contributed by atoms with Gasteiger partial charge < -0.3 is 15.4 Å². The second-order valence-electron chi connectivity index (χ2n) is 5.54. The van der Waals surface area contributed by atoms with Crippen molar-refractivity contribution in [3.63, 3.8) is 0 Å². The summed E-state index contributed by atoms with van der Waals surface area (Å²) in [5, 5.41) is 4.09. The maximum absolute atomic E-state index is 13.0. The van der Waals surface area contributed by atoms with Crippen molar-refractivity contribution in [1.82, 2.24) is 5.43 Å². The largest absolute Gasteiger partial charge is 0.488 e. The molecule has 2 aromatic rings. The van der Waals surface area contributed by atoms with E-state index in [1.165, 1.54) is 12.1 Å². The van der Waals surface area contributed by atoms with Gasteiger partial charge in [-0.1, -0.05) is 12.1 Å². The molecule has 0 aliphatic heterocycles. The summed E-state index contributed by atoms with van der Waals surface area (Å²) >= 11 is 4.74. The molecular formula is C19H23FN4OS. The van der Waals surface area contributed by atoms with E-state index in [4.69, 9.17) is 22.7 Å². The Balaban J connectivity index is 2.24. The highest BCUT2D eigenvalue weighted by Gasteiger charge is 2.08. The predicted octanol–water partition coefficient (Wildman–Crippen LogP) is 3.42. The number of halogens is 1. The van der Waals surface area contributed by atoms with Crippen LogP contribution in [0, 0.1) is 5.82 Å². The number of thiocarbonyl (C=S) groups is 1. The van der Waals surface area contributed by atoms with E-state index >= 15 is 0 Å². The topological polar surface area (TPSA) is 62.9 Å². The van der Waals surface area contributed by atoms with Crippen LogP contribution in [0.5, 0.6) is 5.75 Å². The van der Waals surface area contributed by atoms with E-state index in [0.29, 0.717) is 12.4 Å². The lowest BCUT2D eigenvalue weighted by atomic mass is 10.1. The molecule has 2 aromatic carbocycles. The fourth-order valence-corrected chi connectivity index (χ4v) is 2.50. The highest BCUT2D eigenvalue weighted by Crippen LogP contribution is 2.26. The van der Waals surface area contributed by atoms with Gasteiger partial charge in [-0.15, -0.1) is 0 Å². The van der Waals surface area contributed by atoms with Crippen molar-refractivity contribution < 1.29 is 9.13 Å². The summed E-state index contributed by atoms with van der Waals surface area (Å²) in [5.41, 5.74) is 10.6. The van der Waals surface area contributed by atoms with Crippen LogP contribution in [0.4, 0.5) is 10.1 Å². The summed E-state index contributed by atoms with van der Waals surface area (Å²) in [5.74, 6) is 0.404. The first-order valence-corrected chi connectivity index (χ1v) is 8.79. The summed E-state index contributed by atoms with van der Waals surface area (Å²) in [7, 11) is 0. The number of hydrogen-bond donors (Lipinski definition) is 2. The first-order valence-electron chi connectivity index (χ1n) is 8.38. The van der Waals surface area contributed by atoms with Crippen LogP contribution in [0.25, 0.3) is 0 Å². The Morgan fingerprint density at radius 3 is 2.54 bits per heavy atom. The average Bonchev–Trinajstić information content (AvgIpc) is 2.63. The maximum atomic E-state index is 13.0. The molecule has 0 spiro atoms. The monoisotopic (exact) mass is 374 g/mol. The number of hydrazone groups is 1. The third-order valence-electron chi connectivity index (χ3n) is 3.81. The highest BCUT2D eigenvalue weighted by atomic mass is 32.1. The lowest BCUT2D eigenvalue weighted by molar-refractivity contribution is 0.305. The Morgan fingerprint density at radius 2 is 1.92 bits per heavy atom. The fraction of sp³-hybridized carbons (Fsp3) is 0.263. The molecule has 0 aromatic heterocycles. The zero-order chi connectivity index (χ0) is 18.9. The Morgan fingerprint density at radius 1 is 1.23 bits per heavy atom. The molecule has 3 N–H and O–H groups in total. The van der Waals surface area contributed by atoms with Gasteiger partial charge in [0, 0.05) is 30.4 Å². The molecule has 0 bridgehead atoms. The summed E-state index contributed by atoms with van der Waals surface area (Å²) in [6.45, 7) is 6.31. The minimum Gasteiger partial charge on any atom is -0.488 e. The molecule has 0 aliphatic rings. The van der Waals surface area contributed by atoms with Crippen LogP contribution in [-0.2, 0) is 6.61 Å². The van der Waals surface area contributed by atoms with E-state index in [1.54, 1.807) is 18.3 Å². The predicted molar refractivity (Wildman–Crippen MR) is 108 cm³/mol. The first-order chi connectivity index (χ1) is 12.5. The lowest BCUT2D eigenvalue weighted by Gasteiger charge is -2.22. The smallest absolute Gasteiger partial charge is 0.184 e. The molecule has 0 fully saturated rings. The van der Waals surface area contributed by atoms with Crippen LogP contribution >= 0.6 is 12.2 Å². The van der Waals surface area contributed by atoms with Crippen molar-refractivity contribution in [3.05, 3.63) is 59.4 Å². The molecular weight excluding hydrogens is 351 g/mol. The third-order valence-corrected chi connectivity index (χ3v) is 3.90. The fourth-order valence-electron chi connectivity index (χ4n) is 2.45. The van der Waals surface area contributed by atoms with Gasteiger partial charge in [0.1, 0.15) is 18.2 Å². The molecule has 26 heavy (non-hydrogen) atoms. The van der Waals surface area contributed by atoms with E-state index in [1.807, 2.05) is 18.2 Å². The van der Waals surface area contributed by atoms with Crippen LogP contribution in [0.3, 0.4) is 0 Å². The normalized spacial score (nSPS) is 10.7. The molecule has 2 rings (SSSR count). The molecule has 5 nitrogen and oxygen atoms in total. The molecule has 0 unspecified atom stereocenters. The highest BCUT2D eigenvalue weighted by molar-refractivity contribution is 7.80. The summed E-state index contributed by atoms with van der Waals surface area (Å²) in [6.07, 6.45) is 1.60. The molecule has 7 heteroatoms. The Kier molecular flexibility index (Phi) is 7.35. The standard InChI is InChI=1S/C19H23FN4OS/c1-3-24(4-2)17-10-7-15(12-22-23-19(21)26)18(11-17)25-13-14-5-8-16(20)9-6-14/h5-12H,3-4,13H2,1-2H3,(H3,21,23,26)/b22-12+. The Labute approximate surface area is 158 Å². The molecule has 138 valence electrons. The van der Waals surface area contributed by atoms with E-state index < -0.39 is 0 Å². The van der Waals surface area contributed by atoms with Crippen molar-refractivity contribution in [1.29, 1.82) is 0 Å². The number of rotatable bonds is 8. The molecule has 0 radical (unpaired) electrons. The number of nitrogens with one attached hydrogen (secondary N) is 1. The molecule has 0 amide bonds. The Bertz CT molecular complexity index is 761. The zero-order valence-electron chi connectivity index (χ0n) is 14.9. The quantitative estimate of drug-likeness (QED) is 0.421. The van der Waals surface area contributed by atoms with Crippen molar-refractivity contribution in [3.8, 4) is 5.75 Å². The number of ether oxygens (including phenoxy) is 1. The lowest BCUT2D eigenvalue weighted by Crippen LogP contribution is -2.24. The van der Waals surface area contributed by atoms with Crippen molar-refractivity contribution in [2.24, 2.45) is 10.8 Å². The minimum atomic E-state index is -0.270. The van der Waals surface area contributed by atoms with Crippen LogP contribution < -0.4 is 20.8 Å². The summed E-state index contributed by atoms with van der Waals surface area (Å²) in [4.78, 5) is 2.22. The minimum absolute atomic E-state index is 0.0924. The molecule has 0 aliphatic carbocycles. The number of anilines is 1. The van der Waals surface area contributed by atoms with Crippen molar-refractivity contribution in [2.75, 3.05) is 18.0 Å². The molecule has 0 heterocycles. The maximum Gasteiger partial charge on any atom is 0.184 e. The SMILES string of the molecule is CCN(CC)c1ccc(/C=N/NC(N)=S)c(OCc2ccc(F)cc2)c1. The van der Waals surface area contributed by atoms with Gasteiger partial charge in [-0.2, -0.15) is 5.10 Å². The van der Waals surface area contributed by atoms with E-state index in [9.17, 15) is 4.39 Å². The van der Waals surface area contributed by atoms with Crippen molar-refractivity contribution in [2.45, 2.75) is 20.5 Å². The van der Waals surface area contributed by atoms with Crippen molar-refractivity contribution >= 4 is 29.2 Å². The van der Waals surface area contributed by atoms with Crippen LogP contribution in [0.15, 0.2) is 47.6 Å². The van der Waals surface area contributed by atoms with Crippen LogP contribution in [0.1, 0.15) is 25.0 Å². The number of nitrogens with two attached hydrogens (primary N) is 1. The molecule has 0 saturated heterocycles. The Hall–Kier alpha value is -2.67. The van der Waals surface area contributed by atoms with Gasteiger partial charge in [-0.25, -0.2) is 4.39 Å². The third kappa shape index (κ3) is 5.70. The van der Waals surface area contributed by atoms with Gasteiger partial charge in [-0.05, 0) is 55.9 Å². The van der Waals surface area contributed by atoms with E-state index in [-0.39, 0.29) is 10.9 Å². The van der Waals surface area contributed by atoms with Gasteiger partial charge in [0.25, 0.3) is 0 Å². The summed E-state index contributed by atoms with van der Waals surface area (Å²) < 4.78 is 19.0. The second kappa shape index (κ2) is 9.72. The molecule has 0 saturated carbocycles. The van der Waals surface area contributed by atoms with E-state index in [2.05, 4.69) is 29.3 Å². The van der Waals surface area contributed by atoms with Gasteiger partial charge in [0.05, 0.1) is 6.21 Å². The number of hydrogen-bond acceptors (Lipinski definition) is 4. The van der Waals surface area contributed by atoms with Gasteiger partial charge in [-0.3, -0.25) is 5.43 Å². The van der Waals surface area contributed by atoms with E-state index in [0.717, 1.165) is 29.9 Å². The first kappa shape index (κ1) is 19.7. The van der Waals surface area contributed by atoms with Gasteiger partial charge in [0.15, 0.2) is 5.11 Å².